The highest BCUT2D eigenvalue weighted by Gasteiger charge is 2.38. The molecule has 1 aromatic carbocycles. The smallest absolute Gasteiger partial charge is 0.251 e. The average molecular weight is 420 g/mol. The van der Waals surface area contributed by atoms with E-state index in [-0.39, 0.29) is 17.9 Å². The van der Waals surface area contributed by atoms with E-state index >= 15 is 0 Å². The van der Waals surface area contributed by atoms with Crippen LogP contribution in [-0.4, -0.2) is 39.7 Å². The summed E-state index contributed by atoms with van der Waals surface area (Å²) in [5.74, 6) is 1.41. The van der Waals surface area contributed by atoms with E-state index in [4.69, 9.17) is 10.5 Å². The number of carbonyl (C=O) groups excluding carboxylic acids is 1. The van der Waals surface area contributed by atoms with Crippen molar-refractivity contribution in [1.29, 1.82) is 0 Å². The molecule has 1 fully saturated rings. The number of nitrogens with two attached hydrogens (primary N) is 1. The zero-order valence-corrected chi connectivity index (χ0v) is 16.6. The predicted octanol–water partition coefficient (Wildman–Crippen LogP) is 2.51. The number of halogens is 1. The fourth-order valence-corrected chi connectivity index (χ4v) is 3.62. The van der Waals surface area contributed by atoms with Crippen LogP contribution < -0.4 is 21.1 Å². The molecule has 1 saturated carbocycles. The number of ether oxygens (including phenoxy) is 1. The standard InChI is InChI=1S/C22H21FN6O2/c23-16-9-18(16)28-21(30)13-3-1-2-12(8-13)10-26-20-14-5-7-31-19(14)15(11-27-20)17-4-6-25-22(24)29-17/h1-4,6,8,11,16,18H,5,7,9-10H2,(H,26,27)(H,28,30)(H2,24,25,29)/t16-,18+/m0/s1. The van der Waals surface area contributed by atoms with Gasteiger partial charge in [0.05, 0.1) is 23.9 Å². The van der Waals surface area contributed by atoms with Crippen LogP contribution in [0.5, 0.6) is 5.75 Å². The van der Waals surface area contributed by atoms with E-state index in [0.717, 1.165) is 34.7 Å². The zero-order chi connectivity index (χ0) is 21.4. The van der Waals surface area contributed by atoms with E-state index in [9.17, 15) is 9.18 Å². The molecule has 0 saturated heterocycles. The molecule has 2 aromatic heterocycles. The molecule has 1 amide bonds. The summed E-state index contributed by atoms with van der Waals surface area (Å²) in [6, 6.07) is 8.67. The number of fused-ring (bicyclic) bond motifs is 1. The summed E-state index contributed by atoms with van der Waals surface area (Å²) in [5, 5.41) is 6.04. The number of carbonyl (C=O) groups is 1. The fraction of sp³-hybridized carbons (Fsp3) is 0.273. The highest BCUT2D eigenvalue weighted by atomic mass is 19.1. The summed E-state index contributed by atoms with van der Waals surface area (Å²) < 4.78 is 18.9. The van der Waals surface area contributed by atoms with Gasteiger partial charge < -0.3 is 21.1 Å². The van der Waals surface area contributed by atoms with Crippen LogP contribution in [0, 0.1) is 0 Å². The van der Waals surface area contributed by atoms with Gasteiger partial charge in [0.25, 0.3) is 5.91 Å². The van der Waals surface area contributed by atoms with Gasteiger partial charge in [-0.1, -0.05) is 12.1 Å². The Kier molecular flexibility index (Phi) is 4.85. The molecule has 1 aliphatic carbocycles. The first-order valence-electron chi connectivity index (χ1n) is 10.1. The van der Waals surface area contributed by atoms with Gasteiger partial charge in [0.15, 0.2) is 0 Å². The number of nitrogen functional groups attached to an aromatic ring is 1. The minimum atomic E-state index is -0.925. The monoisotopic (exact) mass is 420 g/mol. The van der Waals surface area contributed by atoms with Gasteiger partial charge in [0.1, 0.15) is 17.7 Å². The lowest BCUT2D eigenvalue weighted by molar-refractivity contribution is 0.0947. The third-order valence-corrected chi connectivity index (χ3v) is 5.35. The second kappa shape index (κ2) is 7.82. The van der Waals surface area contributed by atoms with Gasteiger partial charge in [-0.3, -0.25) is 4.79 Å². The van der Waals surface area contributed by atoms with E-state index in [2.05, 4.69) is 25.6 Å². The Morgan fingerprint density at radius 2 is 2.16 bits per heavy atom. The number of rotatable bonds is 6. The van der Waals surface area contributed by atoms with E-state index < -0.39 is 6.17 Å². The molecule has 3 heterocycles. The van der Waals surface area contributed by atoms with Crippen molar-refractivity contribution in [2.45, 2.75) is 31.6 Å². The zero-order valence-electron chi connectivity index (χ0n) is 16.6. The average Bonchev–Trinajstić information content (AvgIpc) is 3.24. The number of amides is 1. The molecule has 8 nitrogen and oxygen atoms in total. The molecular weight excluding hydrogens is 399 g/mol. The topological polar surface area (TPSA) is 115 Å². The van der Waals surface area contributed by atoms with Crippen LogP contribution in [0.1, 0.15) is 27.9 Å². The van der Waals surface area contributed by atoms with E-state index in [0.29, 0.717) is 30.8 Å². The minimum absolute atomic E-state index is 0.194. The molecule has 158 valence electrons. The van der Waals surface area contributed by atoms with Crippen molar-refractivity contribution >= 4 is 17.7 Å². The molecule has 4 N–H and O–H groups in total. The number of hydrogen-bond acceptors (Lipinski definition) is 7. The predicted molar refractivity (Wildman–Crippen MR) is 113 cm³/mol. The largest absolute Gasteiger partial charge is 0.492 e. The Morgan fingerprint density at radius 3 is 2.97 bits per heavy atom. The summed E-state index contributed by atoms with van der Waals surface area (Å²) in [7, 11) is 0. The Labute approximate surface area is 178 Å². The Hall–Kier alpha value is -3.75. The van der Waals surface area contributed by atoms with Gasteiger partial charge in [-0.25, -0.2) is 19.3 Å². The fourth-order valence-electron chi connectivity index (χ4n) is 3.62. The number of alkyl halides is 1. The summed E-state index contributed by atoms with van der Waals surface area (Å²) in [5.41, 5.74) is 9.55. The summed E-state index contributed by atoms with van der Waals surface area (Å²) in [6.07, 6.45) is 3.51. The Morgan fingerprint density at radius 1 is 1.29 bits per heavy atom. The first-order valence-corrected chi connectivity index (χ1v) is 10.1. The SMILES string of the molecule is Nc1nccc(-c2cnc(NCc3cccc(C(=O)N[C@@H]4C[C@@H]4F)c3)c3c2OCC3)n1. The van der Waals surface area contributed by atoms with E-state index in [1.807, 2.05) is 12.1 Å². The summed E-state index contributed by atoms with van der Waals surface area (Å²) in [4.78, 5) is 25.0. The molecule has 5 rings (SSSR count). The van der Waals surface area contributed by atoms with Crippen LogP contribution in [0.3, 0.4) is 0 Å². The van der Waals surface area contributed by atoms with Gasteiger partial charge in [-0.2, -0.15) is 0 Å². The lowest BCUT2D eigenvalue weighted by Gasteiger charge is -2.13. The summed E-state index contributed by atoms with van der Waals surface area (Å²) in [6.45, 7) is 1.05. The molecule has 0 unspecified atom stereocenters. The van der Waals surface area contributed by atoms with Gasteiger partial charge in [0, 0.05) is 42.9 Å². The van der Waals surface area contributed by atoms with Gasteiger partial charge in [-0.15, -0.1) is 0 Å². The molecule has 1 aliphatic heterocycles. The van der Waals surface area contributed by atoms with Crippen LogP contribution >= 0.6 is 0 Å². The van der Waals surface area contributed by atoms with Crippen LogP contribution in [0.4, 0.5) is 16.2 Å². The van der Waals surface area contributed by atoms with Crippen molar-refractivity contribution < 1.29 is 13.9 Å². The number of nitrogens with one attached hydrogen (secondary N) is 2. The van der Waals surface area contributed by atoms with Crippen LogP contribution in [0.15, 0.2) is 42.7 Å². The Bertz CT molecular complexity index is 1150. The van der Waals surface area contributed by atoms with Crippen molar-refractivity contribution in [2.75, 3.05) is 17.7 Å². The Balaban J connectivity index is 1.33. The van der Waals surface area contributed by atoms with Crippen molar-refractivity contribution in [1.82, 2.24) is 20.3 Å². The molecule has 2 atom stereocenters. The highest BCUT2D eigenvalue weighted by Crippen LogP contribution is 2.39. The second-order valence-corrected chi connectivity index (χ2v) is 7.61. The van der Waals surface area contributed by atoms with Crippen LogP contribution in [0.2, 0.25) is 0 Å². The number of pyridine rings is 1. The molecule has 0 spiro atoms. The van der Waals surface area contributed by atoms with Crippen LogP contribution in [-0.2, 0) is 13.0 Å². The van der Waals surface area contributed by atoms with Crippen molar-refractivity contribution in [2.24, 2.45) is 0 Å². The molecule has 31 heavy (non-hydrogen) atoms. The molecular formula is C22H21FN6O2. The lowest BCUT2D eigenvalue weighted by Crippen LogP contribution is -2.27. The number of nitrogens with zero attached hydrogens (tertiary/aromatic N) is 3. The van der Waals surface area contributed by atoms with Crippen molar-refractivity contribution in [3.8, 4) is 17.0 Å². The number of benzene rings is 1. The first kappa shape index (κ1) is 19.2. The molecule has 0 radical (unpaired) electrons. The van der Waals surface area contributed by atoms with Crippen LogP contribution in [0.25, 0.3) is 11.3 Å². The second-order valence-electron chi connectivity index (χ2n) is 7.61. The quantitative estimate of drug-likeness (QED) is 0.561. The van der Waals surface area contributed by atoms with Gasteiger partial charge >= 0.3 is 0 Å². The molecule has 9 heteroatoms. The molecule has 3 aromatic rings. The van der Waals surface area contributed by atoms with E-state index in [1.165, 1.54) is 0 Å². The molecule has 0 bridgehead atoms. The van der Waals surface area contributed by atoms with E-state index in [1.54, 1.807) is 30.6 Å². The maximum absolute atomic E-state index is 13.0. The first-order chi connectivity index (χ1) is 15.1. The number of anilines is 2. The van der Waals surface area contributed by atoms with Gasteiger partial charge in [-0.05, 0) is 23.8 Å². The maximum atomic E-state index is 13.0. The minimum Gasteiger partial charge on any atom is -0.492 e. The lowest BCUT2D eigenvalue weighted by atomic mass is 10.1. The highest BCUT2D eigenvalue weighted by molar-refractivity contribution is 5.94. The van der Waals surface area contributed by atoms with Crippen molar-refractivity contribution in [3.63, 3.8) is 0 Å². The summed E-state index contributed by atoms with van der Waals surface area (Å²) >= 11 is 0. The number of hydrogen-bond donors (Lipinski definition) is 3. The maximum Gasteiger partial charge on any atom is 0.251 e. The third kappa shape index (κ3) is 3.98. The number of aromatic nitrogens is 3. The molecule has 2 aliphatic rings. The van der Waals surface area contributed by atoms with Gasteiger partial charge in [0.2, 0.25) is 5.95 Å². The normalized spacial score (nSPS) is 18.7. The van der Waals surface area contributed by atoms with Crippen molar-refractivity contribution in [3.05, 3.63) is 59.4 Å². The third-order valence-electron chi connectivity index (χ3n) is 5.35.